The Hall–Kier alpha value is -0.410. The molecule has 0 bridgehead atoms. The predicted octanol–water partition coefficient (Wildman–Crippen LogP) is 2.92. The van der Waals surface area contributed by atoms with Crippen LogP contribution in [0.25, 0.3) is 0 Å². The SMILES string of the molecule is CNc1cccc(OC)c1Br.Cl. The van der Waals surface area contributed by atoms with Gasteiger partial charge in [-0.05, 0) is 28.1 Å². The average molecular weight is 253 g/mol. The molecular formula is C8H11BrClNO. The van der Waals surface area contributed by atoms with E-state index in [-0.39, 0.29) is 12.4 Å². The second-order valence-electron chi connectivity index (χ2n) is 2.07. The van der Waals surface area contributed by atoms with Gasteiger partial charge < -0.3 is 10.1 Å². The van der Waals surface area contributed by atoms with Gasteiger partial charge in [0.25, 0.3) is 0 Å². The molecule has 0 unspecified atom stereocenters. The number of methoxy groups -OCH3 is 1. The minimum atomic E-state index is 0. The number of rotatable bonds is 2. The highest BCUT2D eigenvalue weighted by Gasteiger charge is 2.02. The Kier molecular flexibility index (Phi) is 5.09. The Balaban J connectivity index is 0.00000121. The van der Waals surface area contributed by atoms with Gasteiger partial charge in [-0.15, -0.1) is 12.4 Å². The maximum absolute atomic E-state index is 5.10. The van der Waals surface area contributed by atoms with Crippen molar-refractivity contribution in [2.24, 2.45) is 0 Å². The summed E-state index contributed by atoms with van der Waals surface area (Å²) in [7, 11) is 3.53. The average Bonchev–Trinajstić information content (AvgIpc) is 2.05. The highest BCUT2D eigenvalue weighted by molar-refractivity contribution is 9.10. The van der Waals surface area contributed by atoms with E-state index in [0.717, 1.165) is 15.9 Å². The fraction of sp³-hybridized carbons (Fsp3) is 0.250. The van der Waals surface area contributed by atoms with Crippen LogP contribution in [0.5, 0.6) is 5.75 Å². The van der Waals surface area contributed by atoms with Gasteiger partial charge in [0.1, 0.15) is 5.75 Å². The number of hydrogen-bond donors (Lipinski definition) is 1. The molecule has 0 heterocycles. The summed E-state index contributed by atoms with van der Waals surface area (Å²) in [6, 6.07) is 5.83. The summed E-state index contributed by atoms with van der Waals surface area (Å²) in [6.45, 7) is 0. The molecule has 68 valence electrons. The van der Waals surface area contributed by atoms with Gasteiger partial charge in [0.05, 0.1) is 17.3 Å². The van der Waals surface area contributed by atoms with Crippen LogP contribution in [-0.4, -0.2) is 14.2 Å². The minimum Gasteiger partial charge on any atom is -0.495 e. The number of nitrogens with one attached hydrogen (secondary N) is 1. The number of benzene rings is 1. The molecule has 1 rings (SSSR count). The minimum absolute atomic E-state index is 0. The van der Waals surface area contributed by atoms with Crippen molar-refractivity contribution in [3.63, 3.8) is 0 Å². The van der Waals surface area contributed by atoms with Crippen molar-refractivity contribution >= 4 is 34.0 Å². The van der Waals surface area contributed by atoms with Crippen LogP contribution < -0.4 is 10.1 Å². The molecule has 0 saturated heterocycles. The van der Waals surface area contributed by atoms with Crippen molar-refractivity contribution in [1.29, 1.82) is 0 Å². The van der Waals surface area contributed by atoms with E-state index in [2.05, 4.69) is 21.2 Å². The first kappa shape index (κ1) is 11.6. The Morgan fingerprint density at radius 3 is 2.58 bits per heavy atom. The zero-order chi connectivity index (χ0) is 8.27. The van der Waals surface area contributed by atoms with E-state index in [1.54, 1.807) is 7.11 Å². The standard InChI is InChI=1S/C8H10BrNO.ClH/c1-10-6-4-3-5-7(11-2)8(6)9;/h3-5,10H,1-2H3;1H. The summed E-state index contributed by atoms with van der Waals surface area (Å²) in [5.74, 6) is 0.844. The monoisotopic (exact) mass is 251 g/mol. The van der Waals surface area contributed by atoms with Gasteiger partial charge in [-0.25, -0.2) is 0 Å². The van der Waals surface area contributed by atoms with Crippen molar-refractivity contribution < 1.29 is 4.74 Å². The molecule has 1 aromatic carbocycles. The highest BCUT2D eigenvalue weighted by atomic mass is 79.9. The largest absolute Gasteiger partial charge is 0.495 e. The van der Waals surface area contributed by atoms with Gasteiger partial charge in [-0.1, -0.05) is 6.07 Å². The lowest BCUT2D eigenvalue weighted by molar-refractivity contribution is 0.412. The van der Waals surface area contributed by atoms with Gasteiger partial charge in [0.15, 0.2) is 0 Å². The summed E-state index contributed by atoms with van der Waals surface area (Å²) < 4.78 is 6.06. The van der Waals surface area contributed by atoms with Gasteiger partial charge in [0.2, 0.25) is 0 Å². The Morgan fingerprint density at radius 2 is 2.08 bits per heavy atom. The van der Waals surface area contributed by atoms with Crippen molar-refractivity contribution in [3.8, 4) is 5.75 Å². The topological polar surface area (TPSA) is 21.3 Å². The van der Waals surface area contributed by atoms with E-state index in [9.17, 15) is 0 Å². The normalized spacial score (nSPS) is 8.58. The van der Waals surface area contributed by atoms with Crippen LogP contribution >= 0.6 is 28.3 Å². The van der Waals surface area contributed by atoms with Crippen LogP contribution in [0.4, 0.5) is 5.69 Å². The molecule has 1 N–H and O–H groups in total. The third-order valence-electron chi connectivity index (χ3n) is 1.45. The predicted molar refractivity (Wildman–Crippen MR) is 57.5 cm³/mol. The summed E-state index contributed by atoms with van der Waals surface area (Å²) in [5, 5.41) is 3.04. The molecular weight excluding hydrogens is 241 g/mol. The molecule has 0 radical (unpaired) electrons. The van der Waals surface area contributed by atoms with E-state index in [0.29, 0.717) is 0 Å². The molecule has 0 fully saturated rings. The van der Waals surface area contributed by atoms with E-state index in [1.807, 2.05) is 25.2 Å². The molecule has 4 heteroatoms. The first-order valence-electron chi connectivity index (χ1n) is 3.30. The summed E-state index contributed by atoms with van der Waals surface area (Å²) in [6.07, 6.45) is 0. The van der Waals surface area contributed by atoms with Crippen molar-refractivity contribution in [3.05, 3.63) is 22.7 Å². The van der Waals surface area contributed by atoms with Gasteiger partial charge in [0, 0.05) is 7.05 Å². The molecule has 2 nitrogen and oxygen atoms in total. The Morgan fingerprint density at radius 1 is 1.42 bits per heavy atom. The smallest absolute Gasteiger partial charge is 0.135 e. The van der Waals surface area contributed by atoms with Crippen LogP contribution in [0.2, 0.25) is 0 Å². The van der Waals surface area contributed by atoms with Crippen molar-refractivity contribution in [2.45, 2.75) is 0 Å². The van der Waals surface area contributed by atoms with Crippen LogP contribution in [0.15, 0.2) is 22.7 Å². The van der Waals surface area contributed by atoms with Gasteiger partial charge in [-0.3, -0.25) is 0 Å². The number of hydrogen-bond acceptors (Lipinski definition) is 2. The molecule has 0 spiro atoms. The second-order valence-corrected chi connectivity index (χ2v) is 2.86. The second kappa shape index (κ2) is 5.27. The number of anilines is 1. The van der Waals surface area contributed by atoms with E-state index in [1.165, 1.54) is 0 Å². The fourth-order valence-electron chi connectivity index (χ4n) is 0.862. The van der Waals surface area contributed by atoms with Gasteiger partial charge >= 0.3 is 0 Å². The fourth-order valence-corrected chi connectivity index (χ4v) is 1.49. The molecule has 0 aliphatic heterocycles. The molecule has 1 aromatic rings. The van der Waals surface area contributed by atoms with E-state index < -0.39 is 0 Å². The summed E-state index contributed by atoms with van der Waals surface area (Å²) in [4.78, 5) is 0. The quantitative estimate of drug-likeness (QED) is 0.874. The molecule has 12 heavy (non-hydrogen) atoms. The van der Waals surface area contributed by atoms with E-state index >= 15 is 0 Å². The van der Waals surface area contributed by atoms with Crippen molar-refractivity contribution in [2.75, 3.05) is 19.5 Å². The first-order valence-corrected chi connectivity index (χ1v) is 4.09. The lowest BCUT2D eigenvalue weighted by Gasteiger charge is -2.07. The first-order chi connectivity index (χ1) is 5.29. The molecule has 0 saturated carbocycles. The molecule has 0 atom stereocenters. The summed E-state index contributed by atoms with van der Waals surface area (Å²) >= 11 is 3.41. The Labute approximate surface area is 86.8 Å². The summed E-state index contributed by atoms with van der Waals surface area (Å²) in [5.41, 5.74) is 1.03. The molecule has 0 aliphatic carbocycles. The van der Waals surface area contributed by atoms with Crippen LogP contribution in [0.1, 0.15) is 0 Å². The van der Waals surface area contributed by atoms with Gasteiger partial charge in [-0.2, -0.15) is 0 Å². The maximum atomic E-state index is 5.10. The van der Waals surface area contributed by atoms with E-state index in [4.69, 9.17) is 4.74 Å². The van der Waals surface area contributed by atoms with Crippen LogP contribution in [-0.2, 0) is 0 Å². The molecule has 0 aliphatic rings. The molecule has 0 amide bonds. The Bertz CT molecular complexity index is 233. The lowest BCUT2D eigenvalue weighted by Crippen LogP contribution is -1.91. The third kappa shape index (κ3) is 2.29. The van der Waals surface area contributed by atoms with Crippen LogP contribution in [0, 0.1) is 0 Å². The maximum Gasteiger partial charge on any atom is 0.135 e. The number of ether oxygens (including phenoxy) is 1. The number of halogens is 2. The van der Waals surface area contributed by atoms with Crippen molar-refractivity contribution in [1.82, 2.24) is 0 Å². The zero-order valence-electron chi connectivity index (χ0n) is 6.93. The van der Waals surface area contributed by atoms with Crippen LogP contribution in [0.3, 0.4) is 0 Å². The molecule has 0 aromatic heterocycles. The zero-order valence-corrected chi connectivity index (χ0v) is 9.33. The highest BCUT2D eigenvalue weighted by Crippen LogP contribution is 2.31. The lowest BCUT2D eigenvalue weighted by atomic mass is 10.3. The third-order valence-corrected chi connectivity index (χ3v) is 2.27.